The summed E-state index contributed by atoms with van der Waals surface area (Å²) in [6, 6.07) is 8.21. The average molecular weight is 427 g/mol. The average Bonchev–Trinajstić information content (AvgIpc) is 2.78. The summed E-state index contributed by atoms with van der Waals surface area (Å²) < 4.78 is 0. The van der Waals surface area contributed by atoms with E-state index in [-0.39, 0.29) is 34.1 Å². The fourth-order valence-corrected chi connectivity index (χ4v) is 2.70. The number of para-hydroxylation sites is 1. The molecule has 0 N–H and O–H groups in total. The van der Waals surface area contributed by atoms with Crippen molar-refractivity contribution in [2.45, 2.75) is 0 Å². The third-order valence-corrected chi connectivity index (χ3v) is 3.88. The first kappa shape index (κ1) is 19.7. The largest absolute Gasteiger partial charge is 1.00 e. The summed E-state index contributed by atoms with van der Waals surface area (Å²) in [5.74, 6) is 1.000. The summed E-state index contributed by atoms with van der Waals surface area (Å²) in [5.41, 5.74) is 3.03. The number of nitrogens with zero attached hydrogens (tertiary/aromatic N) is 5. The van der Waals surface area contributed by atoms with Gasteiger partial charge in [-0.05, 0) is 12.1 Å². The Morgan fingerprint density at radius 3 is 2.35 bits per heavy atom. The zero-order valence-electron chi connectivity index (χ0n) is 13.7. The topological polar surface area (TPSA) is 35.0 Å². The summed E-state index contributed by atoms with van der Waals surface area (Å²) in [6.07, 6.45) is 1.85. The van der Waals surface area contributed by atoms with Crippen molar-refractivity contribution >= 4 is 28.2 Å². The van der Waals surface area contributed by atoms with Gasteiger partial charge in [0.1, 0.15) is 0 Å². The number of aliphatic imine (C=N–C) groups is 1. The van der Waals surface area contributed by atoms with E-state index in [4.69, 9.17) is 4.99 Å². The molecular weight excluding hydrogens is 406 g/mol. The molecule has 0 saturated carbocycles. The van der Waals surface area contributed by atoms with Crippen molar-refractivity contribution in [3.63, 3.8) is 0 Å². The molecule has 23 heavy (non-hydrogen) atoms. The summed E-state index contributed by atoms with van der Waals surface area (Å²) in [5, 5.41) is 1.13. The predicted molar refractivity (Wildman–Crippen MR) is 88.4 cm³/mol. The first-order chi connectivity index (χ1) is 10.1. The molecule has 128 valence electrons. The van der Waals surface area contributed by atoms with Gasteiger partial charge in [0.15, 0.2) is 0 Å². The number of likely N-dealkylation sites (N-methyl/N-ethyl adjacent to an activating group) is 2. The Morgan fingerprint density at radius 1 is 1.09 bits per heavy atom. The molecule has 1 aromatic heterocycles. The summed E-state index contributed by atoms with van der Waals surface area (Å²) in [7, 11) is 8.25. The molecule has 2 heterocycles. The maximum absolute atomic E-state index is 4.84. The Morgan fingerprint density at radius 2 is 1.74 bits per heavy atom. The number of pyridine rings is 1. The predicted octanol–water partition coefficient (Wildman–Crippen LogP) is -0.833. The van der Waals surface area contributed by atoms with Crippen LogP contribution in [0.15, 0.2) is 35.5 Å². The molecule has 1 aromatic carbocycles. The second kappa shape index (κ2) is 7.99. The molecule has 0 bridgehead atoms. The van der Waals surface area contributed by atoms with E-state index in [9.17, 15) is 0 Å². The van der Waals surface area contributed by atoms with Gasteiger partial charge in [-0.3, -0.25) is 4.98 Å². The maximum atomic E-state index is 4.84. The molecule has 1 fully saturated rings. The van der Waals surface area contributed by atoms with Crippen LogP contribution >= 0.6 is 0 Å². The number of anilines is 1. The normalized spacial score (nSPS) is 13.7. The van der Waals surface area contributed by atoms with Crippen molar-refractivity contribution in [2.24, 2.45) is 4.99 Å². The fraction of sp³-hybridized carbons (Fsp3) is 0.375. The van der Waals surface area contributed by atoms with Gasteiger partial charge in [-0.15, -0.1) is 0 Å². The number of benzene rings is 1. The first-order valence-corrected chi connectivity index (χ1v) is 7.14. The van der Waals surface area contributed by atoms with Crippen molar-refractivity contribution in [3.05, 3.63) is 30.5 Å². The Bertz CT molecular complexity index is 692. The van der Waals surface area contributed by atoms with Crippen LogP contribution in [0.3, 0.4) is 0 Å². The van der Waals surface area contributed by atoms with Gasteiger partial charge in [0.25, 0.3) is 0 Å². The van der Waals surface area contributed by atoms with Crippen LogP contribution in [0.5, 0.6) is 0 Å². The third-order valence-electron chi connectivity index (χ3n) is 3.88. The van der Waals surface area contributed by atoms with Crippen LogP contribution in [-0.4, -0.2) is 62.0 Å². The molecule has 0 amide bonds. The van der Waals surface area contributed by atoms with Crippen LogP contribution in [-0.2, 0) is 17.1 Å². The second-order valence-electron chi connectivity index (χ2n) is 5.65. The molecule has 1 saturated heterocycles. The van der Waals surface area contributed by atoms with Gasteiger partial charge in [-0.25, -0.2) is 4.99 Å². The Labute approximate surface area is 158 Å². The molecular formula is C16H21BrCuN5. The van der Waals surface area contributed by atoms with Gasteiger partial charge >= 0.3 is 17.1 Å². The minimum Gasteiger partial charge on any atom is -1.00 e. The smallest absolute Gasteiger partial charge is 1.00 e. The SMILES string of the molecule is CN1CCN(C)C1=Nc1cccc2c(N(C)C)ccnc12.[Br-].[Cu+]. The molecule has 0 atom stereocenters. The van der Waals surface area contributed by atoms with Crippen molar-refractivity contribution in [1.29, 1.82) is 0 Å². The van der Waals surface area contributed by atoms with E-state index in [2.05, 4.69) is 39.8 Å². The van der Waals surface area contributed by atoms with Crippen molar-refractivity contribution < 1.29 is 34.1 Å². The number of hydrogen-bond donors (Lipinski definition) is 0. The van der Waals surface area contributed by atoms with Crippen molar-refractivity contribution in [3.8, 4) is 0 Å². The zero-order chi connectivity index (χ0) is 15.0. The van der Waals surface area contributed by atoms with E-state index in [1.54, 1.807) is 0 Å². The molecule has 0 spiro atoms. The number of fused-ring (bicyclic) bond motifs is 1. The van der Waals surface area contributed by atoms with Gasteiger partial charge in [0.2, 0.25) is 5.96 Å². The second-order valence-corrected chi connectivity index (χ2v) is 5.65. The van der Waals surface area contributed by atoms with E-state index in [1.807, 2.05) is 38.5 Å². The van der Waals surface area contributed by atoms with Gasteiger partial charge < -0.3 is 31.7 Å². The monoisotopic (exact) mass is 425 g/mol. The molecule has 2 aromatic rings. The van der Waals surface area contributed by atoms with Crippen molar-refractivity contribution in [1.82, 2.24) is 14.8 Å². The van der Waals surface area contributed by atoms with Crippen LogP contribution < -0.4 is 21.9 Å². The molecule has 0 aliphatic carbocycles. The Kier molecular flexibility index (Phi) is 6.86. The third kappa shape index (κ3) is 3.79. The van der Waals surface area contributed by atoms with E-state index in [1.165, 1.54) is 0 Å². The Hall–Kier alpha value is -1.30. The number of guanidine groups is 1. The zero-order valence-corrected chi connectivity index (χ0v) is 16.2. The maximum Gasteiger partial charge on any atom is 1.00 e. The van der Waals surface area contributed by atoms with Crippen molar-refractivity contribution in [2.75, 3.05) is 46.2 Å². The fourth-order valence-electron chi connectivity index (χ4n) is 2.70. The van der Waals surface area contributed by atoms with Crippen LogP contribution in [0.1, 0.15) is 0 Å². The molecule has 3 rings (SSSR count). The number of aromatic nitrogens is 1. The van der Waals surface area contributed by atoms with Crippen LogP contribution in [0, 0.1) is 0 Å². The molecule has 1 aliphatic heterocycles. The van der Waals surface area contributed by atoms with E-state index >= 15 is 0 Å². The molecule has 7 heteroatoms. The van der Waals surface area contributed by atoms with E-state index in [0.29, 0.717) is 0 Å². The van der Waals surface area contributed by atoms with E-state index < -0.39 is 0 Å². The van der Waals surface area contributed by atoms with Gasteiger partial charge in [-0.2, -0.15) is 0 Å². The minimum absolute atomic E-state index is 0. The summed E-state index contributed by atoms with van der Waals surface area (Å²) in [6.45, 7) is 2.02. The Balaban J connectivity index is 0.00000132. The molecule has 5 nitrogen and oxygen atoms in total. The quantitative estimate of drug-likeness (QED) is 0.587. The number of rotatable bonds is 2. The van der Waals surface area contributed by atoms with Gasteiger partial charge in [0.05, 0.1) is 11.2 Å². The van der Waals surface area contributed by atoms with Gasteiger partial charge in [-0.1, -0.05) is 12.1 Å². The minimum atomic E-state index is 0. The van der Waals surface area contributed by atoms with Crippen LogP contribution in [0.25, 0.3) is 10.9 Å². The number of hydrogen-bond acceptors (Lipinski definition) is 3. The molecule has 0 unspecified atom stereocenters. The first-order valence-electron chi connectivity index (χ1n) is 7.14. The molecule has 0 radical (unpaired) electrons. The van der Waals surface area contributed by atoms with Crippen LogP contribution in [0.4, 0.5) is 11.4 Å². The molecule has 1 aliphatic rings. The summed E-state index contributed by atoms with van der Waals surface area (Å²) >= 11 is 0. The van der Waals surface area contributed by atoms with Crippen LogP contribution in [0.2, 0.25) is 0 Å². The van der Waals surface area contributed by atoms with Gasteiger partial charge in [0, 0.05) is 58.6 Å². The standard InChI is InChI=1S/C16H21N5.BrH.Cu/c1-19(2)14-8-9-17-15-12(14)6-5-7-13(15)18-16-20(3)10-11-21(16)4;;/h5-9H,10-11H2,1-4H3;1H;/q;;+1/p-1. The summed E-state index contributed by atoms with van der Waals surface area (Å²) in [4.78, 5) is 15.8. The van der Waals surface area contributed by atoms with E-state index in [0.717, 1.165) is 41.3 Å². The number of halogens is 1.